The third kappa shape index (κ3) is 2.23. The second kappa shape index (κ2) is 5.53. The number of nitrogens with zero attached hydrogens (tertiary/aromatic N) is 2. The summed E-state index contributed by atoms with van der Waals surface area (Å²) in [4.78, 5) is 0. The highest BCUT2D eigenvalue weighted by Gasteiger charge is 2.33. The van der Waals surface area contributed by atoms with Gasteiger partial charge in [0.05, 0.1) is 11.7 Å². The first-order valence-electron chi connectivity index (χ1n) is 7.61. The normalized spacial score (nSPS) is 21.0. The maximum atomic E-state index is 5.96. The molecule has 0 amide bonds. The van der Waals surface area contributed by atoms with Crippen LogP contribution in [0.5, 0.6) is 5.75 Å². The minimum absolute atomic E-state index is 0.184. The largest absolute Gasteiger partial charge is 0.491 e. The summed E-state index contributed by atoms with van der Waals surface area (Å²) in [7, 11) is 2.01. The zero-order chi connectivity index (χ0) is 15.0. The van der Waals surface area contributed by atoms with Gasteiger partial charge in [-0.25, -0.2) is 0 Å². The van der Waals surface area contributed by atoms with E-state index in [1.165, 1.54) is 16.8 Å². The van der Waals surface area contributed by atoms with Crippen molar-refractivity contribution in [2.45, 2.75) is 39.3 Å². The smallest absolute Gasteiger partial charge is 0.124 e. The van der Waals surface area contributed by atoms with Crippen molar-refractivity contribution < 1.29 is 4.74 Å². The molecule has 3 rings (SSSR count). The molecule has 0 fully saturated rings. The van der Waals surface area contributed by atoms with Gasteiger partial charge in [-0.3, -0.25) is 4.68 Å². The molecule has 4 nitrogen and oxygen atoms in total. The zero-order valence-electron chi connectivity index (χ0n) is 13.2. The van der Waals surface area contributed by atoms with Crippen molar-refractivity contribution in [3.63, 3.8) is 0 Å². The second-order valence-electron chi connectivity index (χ2n) is 5.63. The van der Waals surface area contributed by atoms with Crippen LogP contribution in [0.2, 0.25) is 0 Å². The van der Waals surface area contributed by atoms with Crippen molar-refractivity contribution >= 4 is 0 Å². The number of benzene rings is 1. The molecule has 0 aliphatic carbocycles. The predicted octanol–water partition coefficient (Wildman–Crippen LogP) is 2.96. The molecule has 1 aromatic heterocycles. The number of aryl methyl sites for hydroxylation is 1. The molecule has 1 aromatic carbocycles. The van der Waals surface area contributed by atoms with E-state index in [0.717, 1.165) is 17.9 Å². The molecular formula is C17H23N3O. The Kier molecular flexibility index (Phi) is 3.72. The molecule has 0 saturated carbocycles. The van der Waals surface area contributed by atoms with E-state index in [-0.39, 0.29) is 12.1 Å². The fraction of sp³-hybridized carbons (Fsp3) is 0.471. The van der Waals surface area contributed by atoms with Crippen molar-refractivity contribution in [2.75, 3.05) is 13.7 Å². The lowest BCUT2D eigenvalue weighted by atomic mass is 9.96. The number of aromatic nitrogens is 2. The van der Waals surface area contributed by atoms with Crippen molar-refractivity contribution in [3.05, 3.63) is 46.8 Å². The summed E-state index contributed by atoms with van der Waals surface area (Å²) in [6.07, 6.45) is 1.02. The summed E-state index contributed by atoms with van der Waals surface area (Å²) in [5, 5.41) is 8.21. The van der Waals surface area contributed by atoms with Crippen LogP contribution in [-0.4, -0.2) is 23.4 Å². The molecule has 2 unspecified atom stereocenters. The van der Waals surface area contributed by atoms with E-state index < -0.39 is 0 Å². The van der Waals surface area contributed by atoms with E-state index in [9.17, 15) is 0 Å². The van der Waals surface area contributed by atoms with Crippen LogP contribution in [0, 0.1) is 13.8 Å². The Balaban J connectivity index is 2.04. The highest BCUT2D eigenvalue weighted by molar-refractivity contribution is 5.39. The molecule has 2 aromatic rings. The van der Waals surface area contributed by atoms with Crippen LogP contribution in [0.4, 0.5) is 0 Å². The van der Waals surface area contributed by atoms with Gasteiger partial charge < -0.3 is 10.1 Å². The van der Waals surface area contributed by atoms with Gasteiger partial charge in [0.25, 0.3) is 0 Å². The monoisotopic (exact) mass is 285 g/mol. The first-order chi connectivity index (χ1) is 10.2. The molecule has 112 valence electrons. The number of para-hydroxylation sites is 1. The molecule has 1 aliphatic rings. The van der Waals surface area contributed by atoms with Crippen molar-refractivity contribution in [1.29, 1.82) is 0 Å². The van der Waals surface area contributed by atoms with Crippen LogP contribution >= 0.6 is 0 Å². The zero-order valence-corrected chi connectivity index (χ0v) is 13.2. The molecule has 0 spiro atoms. The lowest BCUT2D eigenvalue weighted by Crippen LogP contribution is -2.36. The molecule has 0 radical (unpaired) electrons. The predicted molar refractivity (Wildman–Crippen MR) is 83.9 cm³/mol. The Morgan fingerprint density at radius 1 is 1.33 bits per heavy atom. The topological polar surface area (TPSA) is 39.1 Å². The SMILES string of the molecule is CCc1c(C)nn(C2COc3ccccc3C2NC)c1C. The van der Waals surface area contributed by atoms with Crippen LogP contribution in [-0.2, 0) is 6.42 Å². The molecule has 1 aliphatic heterocycles. The first kappa shape index (κ1) is 14.1. The number of hydrogen-bond donors (Lipinski definition) is 1. The molecule has 21 heavy (non-hydrogen) atoms. The Labute approximate surface area is 126 Å². The fourth-order valence-electron chi connectivity index (χ4n) is 3.44. The average molecular weight is 285 g/mol. The van der Waals surface area contributed by atoms with Crippen LogP contribution in [0.1, 0.15) is 41.5 Å². The first-order valence-corrected chi connectivity index (χ1v) is 7.61. The van der Waals surface area contributed by atoms with Gasteiger partial charge in [0.1, 0.15) is 18.4 Å². The Morgan fingerprint density at radius 2 is 2.10 bits per heavy atom. The van der Waals surface area contributed by atoms with Gasteiger partial charge in [-0.05, 0) is 38.9 Å². The van der Waals surface area contributed by atoms with Crippen LogP contribution < -0.4 is 10.1 Å². The average Bonchev–Trinajstić information content (AvgIpc) is 2.80. The van der Waals surface area contributed by atoms with Gasteiger partial charge in [-0.15, -0.1) is 0 Å². The van der Waals surface area contributed by atoms with E-state index in [1.54, 1.807) is 0 Å². The van der Waals surface area contributed by atoms with Gasteiger partial charge in [-0.1, -0.05) is 25.1 Å². The lowest BCUT2D eigenvalue weighted by Gasteiger charge is -2.34. The fourth-order valence-corrected chi connectivity index (χ4v) is 3.44. The lowest BCUT2D eigenvalue weighted by molar-refractivity contribution is 0.172. The summed E-state index contributed by atoms with van der Waals surface area (Å²) in [5.74, 6) is 0.977. The number of ether oxygens (including phenoxy) is 1. The standard InChI is InChI=1S/C17H23N3O/c1-5-13-11(2)19-20(12(13)3)15-10-21-16-9-7-6-8-14(16)17(15)18-4/h6-9,15,17-18H,5,10H2,1-4H3. The number of likely N-dealkylation sites (N-methyl/N-ethyl adjacent to an activating group) is 1. The van der Waals surface area contributed by atoms with Crippen LogP contribution in [0.25, 0.3) is 0 Å². The van der Waals surface area contributed by atoms with Gasteiger partial charge >= 0.3 is 0 Å². The summed E-state index contributed by atoms with van der Waals surface area (Å²) in [5.41, 5.74) is 4.94. The van der Waals surface area contributed by atoms with E-state index in [2.05, 4.69) is 42.9 Å². The summed E-state index contributed by atoms with van der Waals surface area (Å²) in [6, 6.07) is 8.66. The minimum Gasteiger partial charge on any atom is -0.491 e. The summed E-state index contributed by atoms with van der Waals surface area (Å²) >= 11 is 0. The number of fused-ring (bicyclic) bond motifs is 1. The molecule has 0 bridgehead atoms. The second-order valence-corrected chi connectivity index (χ2v) is 5.63. The molecule has 2 heterocycles. The number of hydrogen-bond acceptors (Lipinski definition) is 3. The third-order valence-corrected chi connectivity index (χ3v) is 4.50. The highest BCUT2D eigenvalue weighted by Crippen LogP contribution is 2.38. The van der Waals surface area contributed by atoms with Crippen molar-refractivity contribution in [1.82, 2.24) is 15.1 Å². The molecular weight excluding hydrogens is 262 g/mol. The van der Waals surface area contributed by atoms with Crippen molar-refractivity contribution in [3.8, 4) is 5.75 Å². The van der Waals surface area contributed by atoms with E-state index in [0.29, 0.717) is 6.61 Å². The summed E-state index contributed by atoms with van der Waals surface area (Å²) in [6.45, 7) is 7.08. The van der Waals surface area contributed by atoms with Gasteiger partial charge in [0.2, 0.25) is 0 Å². The quantitative estimate of drug-likeness (QED) is 0.942. The minimum atomic E-state index is 0.184. The van der Waals surface area contributed by atoms with Crippen molar-refractivity contribution in [2.24, 2.45) is 0 Å². The molecule has 4 heteroatoms. The number of nitrogens with one attached hydrogen (secondary N) is 1. The van der Waals surface area contributed by atoms with E-state index in [4.69, 9.17) is 9.84 Å². The van der Waals surface area contributed by atoms with E-state index in [1.807, 2.05) is 19.2 Å². The van der Waals surface area contributed by atoms with Crippen LogP contribution in [0.15, 0.2) is 24.3 Å². The Hall–Kier alpha value is -1.81. The third-order valence-electron chi connectivity index (χ3n) is 4.50. The maximum absolute atomic E-state index is 5.96. The number of rotatable bonds is 3. The van der Waals surface area contributed by atoms with Gasteiger partial charge in [-0.2, -0.15) is 5.10 Å². The Bertz CT molecular complexity index is 647. The van der Waals surface area contributed by atoms with E-state index >= 15 is 0 Å². The van der Waals surface area contributed by atoms with Crippen LogP contribution in [0.3, 0.4) is 0 Å². The highest BCUT2D eigenvalue weighted by atomic mass is 16.5. The molecule has 1 N–H and O–H groups in total. The van der Waals surface area contributed by atoms with Gasteiger partial charge in [0.15, 0.2) is 0 Å². The molecule has 0 saturated heterocycles. The van der Waals surface area contributed by atoms with Gasteiger partial charge in [0, 0.05) is 11.3 Å². The molecule has 2 atom stereocenters. The maximum Gasteiger partial charge on any atom is 0.124 e. The summed E-state index contributed by atoms with van der Waals surface area (Å²) < 4.78 is 8.10. The Morgan fingerprint density at radius 3 is 2.76 bits per heavy atom.